The highest BCUT2D eigenvalue weighted by Crippen LogP contribution is 2.29. The van der Waals surface area contributed by atoms with Gasteiger partial charge in [0.2, 0.25) is 5.91 Å². The van der Waals surface area contributed by atoms with E-state index in [0.29, 0.717) is 10.9 Å². The number of rotatable bonds is 4. The number of likely N-dealkylation sites (tertiary alicyclic amines) is 1. The Morgan fingerprint density at radius 3 is 2.90 bits per heavy atom. The molecule has 1 N–H and O–H groups in total. The van der Waals surface area contributed by atoms with Gasteiger partial charge in [-0.2, -0.15) is 0 Å². The van der Waals surface area contributed by atoms with Crippen molar-refractivity contribution in [1.29, 1.82) is 0 Å². The predicted octanol–water partition coefficient (Wildman–Crippen LogP) is 3.08. The highest BCUT2D eigenvalue weighted by atomic mass is 35.5. The van der Waals surface area contributed by atoms with E-state index in [0.717, 1.165) is 31.6 Å². The Labute approximate surface area is 132 Å². The molecule has 116 valence electrons. The van der Waals surface area contributed by atoms with Crippen LogP contribution < -0.4 is 5.32 Å². The Hall–Kier alpha value is -1.06. The number of nitrogens with one attached hydrogen (secondary N) is 1. The van der Waals surface area contributed by atoms with E-state index in [1.54, 1.807) is 0 Å². The molecule has 0 aromatic heterocycles. The molecule has 1 aromatic rings. The Balaban J connectivity index is 2.14. The Morgan fingerprint density at radius 2 is 2.24 bits per heavy atom. The number of benzene rings is 1. The second-order valence-electron chi connectivity index (χ2n) is 6.45. The third-order valence-corrected chi connectivity index (χ3v) is 4.62. The minimum atomic E-state index is -0.535. The van der Waals surface area contributed by atoms with Crippen molar-refractivity contribution in [3.63, 3.8) is 0 Å². The van der Waals surface area contributed by atoms with Gasteiger partial charge in [0.15, 0.2) is 0 Å². The molecule has 2 rings (SSSR count). The molecule has 1 aromatic carbocycles. The number of amides is 1. The number of nitrogens with zero attached hydrogens (tertiary/aromatic N) is 1. The molecule has 0 saturated carbocycles. The summed E-state index contributed by atoms with van der Waals surface area (Å²) in [6.45, 7) is 6.67. The summed E-state index contributed by atoms with van der Waals surface area (Å²) in [6, 6.07) is 7.63. The molecule has 3 nitrogen and oxygen atoms in total. The van der Waals surface area contributed by atoms with Gasteiger partial charge in [-0.15, -0.1) is 0 Å². The molecule has 0 bridgehead atoms. The first-order valence-electron chi connectivity index (χ1n) is 7.65. The fourth-order valence-corrected chi connectivity index (χ4v) is 3.29. The third kappa shape index (κ3) is 3.78. The molecule has 0 radical (unpaired) electrons. The van der Waals surface area contributed by atoms with Crippen molar-refractivity contribution < 1.29 is 4.79 Å². The van der Waals surface area contributed by atoms with Gasteiger partial charge < -0.3 is 10.2 Å². The maximum absolute atomic E-state index is 12.9. The second kappa shape index (κ2) is 6.80. The van der Waals surface area contributed by atoms with E-state index in [-0.39, 0.29) is 5.91 Å². The zero-order chi connectivity index (χ0) is 15.5. The molecule has 1 heterocycles. The standard InChI is InChI=1S/C17H25ClN2O/c1-17(2,14-7-4-8-15(18)10-14)16(21)20-9-5-6-13(12-20)11-19-3/h4,7-8,10,13,19H,5-6,9,11-12H2,1-3H3. The lowest BCUT2D eigenvalue weighted by Gasteiger charge is -2.38. The summed E-state index contributed by atoms with van der Waals surface area (Å²) < 4.78 is 0. The first kappa shape index (κ1) is 16.3. The lowest BCUT2D eigenvalue weighted by molar-refractivity contribution is -0.138. The number of carbonyl (C=O) groups excluding carboxylic acids is 1. The number of piperidine rings is 1. The molecule has 1 fully saturated rings. The van der Waals surface area contributed by atoms with Crippen LogP contribution in [0.4, 0.5) is 0 Å². The van der Waals surface area contributed by atoms with Gasteiger partial charge in [-0.25, -0.2) is 0 Å². The van der Waals surface area contributed by atoms with E-state index in [2.05, 4.69) is 5.32 Å². The van der Waals surface area contributed by atoms with Gasteiger partial charge >= 0.3 is 0 Å². The van der Waals surface area contributed by atoms with Crippen molar-refractivity contribution in [3.05, 3.63) is 34.9 Å². The molecule has 0 spiro atoms. The van der Waals surface area contributed by atoms with Gasteiger partial charge in [0.1, 0.15) is 0 Å². The van der Waals surface area contributed by atoms with Crippen LogP contribution in [0.15, 0.2) is 24.3 Å². The number of hydrogen-bond donors (Lipinski definition) is 1. The van der Waals surface area contributed by atoms with E-state index >= 15 is 0 Å². The summed E-state index contributed by atoms with van der Waals surface area (Å²) in [7, 11) is 1.97. The smallest absolute Gasteiger partial charge is 0.232 e. The molecule has 1 aliphatic rings. The minimum absolute atomic E-state index is 0.200. The van der Waals surface area contributed by atoms with Crippen molar-refractivity contribution >= 4 is 17.5 Å². The van der Waals surface area contributed by atoms with Crippen LogP contribution in [0.1, 0.15) is 32.3 Å². The van der Waals surface area contributed by atoms with Crippen LogP contribution in [0.5, 0.6) is 0 Å². The summed E-state index contributed by atoms with van der Waals surface area (Å²) in [5.74, 6) is 0.758. The Kier molecular flexibility index (Phi) is 5.28. The number of carbonyl (C=O) groups is 1. The van der Waals surface area contributed by atoms with E-state index in [1.807, 2.05) is 50.1 Å². The second-order valence-corrected chi connectivity index (χ2v) is 6.89. The third-order valence-electron chi connectivity index (χ3n) is 4.38. The molecule has 4 heteroatoms. The van der Waals surface area contributed by atoms with Crippen molar-refractivity contribution in [2.24, 2.45) is 5.92 Å². The van der Waals surface area contributed by atoms with Gasteiger partial charge in [-0.05, 0) is 63.9 Å². The zero-order valence-corrected chi connectivity index (χ0v) is 13.9. The average molecular weight is 309 g/mol. The Bertz CT molecular complexity index is 499. The van der Waals surface area contributed by atoms with Crippen LogP contribution in [0.3, 0.4) is 0 Å². The first-order valence-corrected chi connectivity index (χ1v) is 8.03. The van der Waals surface area contributed by atoms with Gasteiger partial charge in [0.05, 0.1) is 5.41 Å². The van der Waals surface area contributed by atoms with Crippen LogP contribution in [-0.4, -0.2) is 37.5 Å². The summed E-state index contributed by atoms with van der Waals surface area (Å²) in [5, 5.41) is 3.90. The molecular formula is C17H25ClN2O. The van der Waals surface area contributed by atoms with Crippen LogP contribution >= 0.6 is 11.6 Å². The first-order chi connectivity index (χ1) is 9.95. The Morgan fingerprint density at radius 1 is 1.48 bits per heavy atom. The van der Waals surface area contributed by atoms with E-state index < -0.39 is 5.41 Å². The van der Waals surface area contributed by atoms with Crippen molar-refractivity contribution in [2.75, 3.05) is 26.7 Å². The van der Waals surface area contributed by atoms with Gasteiger partial charge in [0, 0.05) is 18.1 Å². The van der Waals surface area contributed by atoms with Crippen LogP contribution in [-0.2, 0) is 10.2 Å². The molecular weight excluding hydrogens is 284 g/mol. The maximum atomic E-state index is 12.9. The summed E-state index contributed by atoms with van der Waals surface area (Å²) >= 11 is 6.07. The molecule has 1 amide bonds. The van der Waals surface area contributed by atoms with E-state index in [9.17, 15) is 4.79 Å². The molecule has 1 atom stereocenters. The van der Waals surface area contributed by atoms with Gasteiger partial charge in [-0.1, -0.05) is 23.7 Å². The van der Waals surface area contributed by atoms with Crippen molar-refractivity contribution in [2.45, 2.75) is 32.1 Å². The fourth-order valence-electron chi connectivity index (χ4n) is 3.10. The molecule has 21 heavy (non-hydrogen) atoms. The highest BCUT2D eigenvalue weighted by Gasteiger charge is 2.35. The topological polar surface area (TPSA) is 32.3 Å². The molecule has 0 aliphatic carbocycles. The zero-order valence-electron chi connectivity index (χ0n) is 13.2. The molecule has 1 aliphatic heterocycles. The van der Waals surface area contributed by atoms with Gasteiger partial charge in [0.25, 0.3) is 0 Å². The fraction of sp³-hybridized carbons (Fsp3) is 0.588. The predicted molar refractivity (Wildman–Crippen MR) is 87.7 cm³/mol. The summed E-state index contributed by atoms with van der Waals surface area (Å²) in [6.07, 6.45) is 2.28. The van der Waals surface area contributed by atoms with Crippen LogP contribution in [0, 0.1) is 5.92 Å². The normalized spacial score (nSPS) is 19.6. The maximum Gasteiger partial charge on any atom is 0.232 e. The number of halogens is 1. The largest absolute Gasteiger partial charge is 0.342 e. The lowest BCUT2D eigenvalue weighted by Crippen LogP contribution is -2.49. The quantitative estimate of drug-likeness (QED) is 0.927. The lowest BCUT2D eigenvalue weighted by atomic mass is 9.82. The van der Waals surface area contributed by atoms with Crippen molar-refractivity contribution in [1.82, 2.24) is 10.2 Å². The van der Waals surface area contributed by atoms with E-state index in [1.165, 1.54) is 6.42 Å². The number of hydrogen-bond acceptors (Lipinski definition) is 2. The van der Waals surface area contributed by atoms with Gasteiger partial charge in [-0.3, -0.25) is 4.79 Å². The summed E-state index contributed by atoms with van der Waals surface area (Å²) in [5.41, 5.74) is 0.447. The van der Waals surface area contributed by atoms with Crippen molar-refractivity contribution in [3.8, 4) is 0 Å². The minimum Gasteiger partial charge on any atom is -0.342 e. The van der Waals surface area contributed by atoms with Crippen LogP contribution in [0.2, 0.25) is 5.02 Å². The highest BCUT2D eigenvalue weighted by molar-refractivity contribution is 6.30. The molecule has 1 saturated heterocycles. The van der Waals surface area contributed by atoms with E-state index in [4.69, 9.17) is 11.6 Å². The van der Waals surface area contributed by atoms with Crippen LogP contribution in [0.25, 0.3) is 0 Å². The summed E-state index contributed by atoms with van der Waals surface area (Å²) in [4.78, 5) is 15.0. The average Bonchev–Trinajstić information content (AvgIpc) is 2.47. The molecule has 1 unspecified atom stereocenters. The monoisotopic (exact) mass is 308 g/mol. The SMILES string of the molecule is CNCC1CCCN(C(=O)C(C)(C)c2cccc(Cl)c2)C1.